The molecule has 0 fully saturated rings. The molecule has 3 aromatic carbocycles. The molecule has 5 nitrogen and oxygen atoms in total. The van der Waals surface area contributed by atoms with Gasteiger partial charge in [0.05, 0.1) is 24.4 Å². The van der Waals surface area contributed by atoms with Crippen molar-refractivity contribution in [2.75, 3.05) is 12.4 Å². The third-order valence-electron chi connectivity index (χ3n) is 8.06. The average molecular weight is 448 g/mol. The Morgan fingerprint density at radius 1 is 1.03 bits per heavy atom. The zero-order valence-electron chi connectivity index (χ0n) is 19.4. The summed E-state index contributed by atoms with van der Waals surface area (Å²) in [5.74, 6) is -0.147. The van der Waals surface area contributed by atoms with Crippen molar-refractivity contribution >= 4 is 44.2 Å². The molecule has 0 bridgehead atoms. The van der Waals surface area contributed by atoms with Crippen molar-refractivity contribution in [1.29, 1.82) is 0 Å². The van der Waals surface area contributed by atoms with Crippen LogP contribution in [0.3, 0.4) is 0 Å². The van der Waals surface area contributed by atoms with Gasteiger partial charge in [0.25, 0.3) is 0 Å². The highest BCUT2D eigenvalue weighted by Crippen LogP contribution is 2.53. The first-order valence-electron chi connectivity index (χ1n) is 11.8. The predicted molar refractivity (Wildman–Crippen MR) is 135 cm³/mol. The van der Waals surface area contributed by atoms with Crippen LogP contribution in [0.2, 0.25) is 0 Å². The number of esters is 1. The molecule has 0 radical (unpaired) electrons. The number of rotatable bonds is 1. The number of fused-ring (bicyclic) bond motifs is 7. The smallest absolute Gasteiger partial charge is 0.356 e. The molecule has 2 unspecified atom stereocenters. The first-order chi connectivity index (χ1) is 16.5. The van der Waals surface area contributed by atoms with Crippen molar-refractivity contribution < 1.29 is 9.53 Å². The number of anilines is 1. The van der Waals surface area contributed by atoms with E-state index in [1.807, 2.05) is 6.07 Å². The Kier molecular flexibility index (Phi) is 3.80. The predicted octanol–water partition coefficient (Wildman–Crippen LogP) is 6.20. The molecule has 2 aliphatic rings. The Morgan fingerprint density at radius 2 is 1.76 bits per heavy atom. The van der Waals surface area contributed by atoms with Crippen molar-refractivity contribution in [3.63, 3.8) is 0 Å². The molecule has 0 saturated carbocycles. The highest BCUT2D eigenvalue weighted by atomic mass is 16.5. The number of nitrogens with zero attached hydrogens (tertiary/aromatic N) is 2. The maximum Gasteiger partial charge on any atom is 0.356 e. The van der Waals surface area contributed by atoms with Crippen LogP contribution in [-0.4, -0.2) is 22.6 Å². The summed E-state index contributed by atoms with van der Waals surface area (Å²) in [4.78, 5) is 17.5. The highest BCUT2D eigenvalue weighted by molar-refractivity contribution is 6.11. The van der Waals surface area contributed by atoms with Gasteiger partial charge in [-0.3, -0.25) is 0 Å². The van der Waals surface area contributed by atoms with Gasteiger partial charge in [-0.05, 0) is 46.0 Å². The molecule has 4 heterocycles. The number of nitrogens with one attached hydrogen (secondary N) is 1. The van der Waals surface area contributed by atoms with Crippen LogP contribution in [0.15, 0.2) is 66.7 Å². The van der Waals surface area contributed by atoms with Gasteiger partial charge in [-0.1, -0.05) is 56.3 Å². The van der Waals surface area contributed by atoms with Gasteiger partial charge in [0.2, 0.25) is 0 Å². The van der Waals surface area contributed by atoms with Crippen LogP contribution in [0.25, 0.3) is 32.6 Å². The number of methoxy groups -OCH3 is 1. The largest absolute Gasteiger partial charge is 0.464 e. The lowest BCUT2D eigenvalue weighted by Crippen LogP contribution is -2.45. The Morgan fingerprint density at radius 3 is 2.56 bits per heavy atom. The molecule has 2 atom stereocenters. The molecule has 0 saturated heterocycles. The van der Waals surface area contributed by atoms with E-state index in [-0.39, 0.29) is 17.4 Å². The van der Waals surface area contributed by atoms with Crippen LogP contribution in [0.1, 0.15) is 41.6 Å². The van der Waals surface area contributed by atoms with E-state index in [2.05, 4.69) is 84.4 Å². The third kappa shape index (κ3) is 2.44. The molecule has 34 heavy (non-hydrogen) atoms. The van der Waals surface area contributed by atoms with Gasteiger partial charge in [-0.2, -0.15) is 0 Å². The van der Waals surface area contributed by atoms with Gasteiger partial charge in [0, 0.05) is 34.4 Å². The van der Waals surface area contributed by atoms with Gasteiger partial charge in [-0.25, -0.2) is 9.78 Å². The zero-order valence-corrected chi connectivity index (χ0v) is 19.4. The summed E-state index contributed by atoms with van der Waals surface area (Å²) in [6.07, 6.45) is 0. The summed E-state index contributed by atoms with van der Waals surface area (Å²) >= 11 is 0. The summed E-state index contributed by atoms with van der Waals surface area (Å²) in [6, 6.07) is 23.4. The van der Waals surface area contributed by atoms with Crippen LogP contribution in [0, 0.1) is 5.92 Å². The van der Waals surface area contributed by atoms with Crippen LogP contribution in [0.4, 0.5) is 5.69 Å². The summed E-state index contributed by atoms with van der Waals surface area (Å²) in [5.41, 5.74) is 5.95. The van der Waals surface area contributed by atoms with E-state index < -0.39 is 5.97 Å². The lowest BCUT2D eigenvalue weighted by Gasteiger charge is -2.48. The van der Waals surface area contributed by atoms with Crippen LogP contribution >= 0.6 is 0 Å². The SMILES string of the molecule is COC(=O)c1cc2c3ccccc3n3c2c(n1)C1Nc2cc4ccccc4cc2C(C)(C)C1C3. The van der Waals surface area contributed by atoms with E-state index in [1.54, 1.807) is 0 Å². The first kappa shape index (κ1) is 19.6. The Labute approximate surface area is 197 Å². The minimum absolute atomic E-state index is 0.00687. The average Bonchev–Trinajstić information content (AvgIpc) is 3.18. The van der Waals surface area contributed by atoms with E-state index in [1.165, 1.54) is 29.0 Å². The van der Waals surface area contributed by atoms with Gasteiger partial charge in [-0.15, -0.1) is 0 Å². The van der Waals surface area contributed by atoms with E-state index >= 15 is 0 Å². The number of aromatic nitrogens is 2. The molecule has 7 rings (SSSR count). The quantitative estimate of drug-likeness (QED) is 0.311. The summed E-state index contributed by atoms with van der Waals surface area (Å²) in [5, 5.41) is 8.52. The minimum Gasteiger partial charge on any atom is -0.464 e. The first-order valence-corrected chi connectivity index (χ1v) is 11.8. The van der Waals surface area contributed by atoms with E-state index in [9.17, 15) is 4.79 Å². The fraction of sp³-hybridized carbons (Fsp3) is 0.241. The maximum atomic E-state index is 12.6. The van der Waals surface area contributed by atoms with Crippen molar-refractivity contribution in [1.82, 2.24) is 9.55 Å². The van der Waals surface area contributed by atoms with Crippen molar-refractivity contribution in [3.05, 3.63) is 83.7 Å². The van der Waals surface area contributed by atoms with Crippen molar-refractivity contribution in [2.45, 2.75) is 31.8 Å². The van der Waals surface area contributed by atoms with E-state index in [0.717, 1.165) is 34.2 Å². The molecular weight excluding hydrogens is 422 g/mol. The highest BCUT2D eigenvalue weighted by Gasteiger charge is 2.47. The van der Waals surface area contributed by atoms with Gasteiger partial charge in [0.15, 0.2) is 0 Å². The summed E-state index contributed by atoms with van der Waals surface area (Å²) in [7, 11) is 1.41. The third-order valence-corrected chi connectivity index (χ3v) is 8.06. The second-order valence-corrected chi connectivity index (χ2v) is 10.1. The number of ether oxygens (including phenoxy) is 1. The molecule has 1 N–H and O–H groups in total. The number of carbonyl (C=O) groups is 1. The Bertz CT molecular complexity index is 1660. The molecule has 0 aliphatic carbocycles. The fourth-order valence-corrected chi connectivity index (χ4v) is 6.29. The molecule has 5 aromatic rings. The van der Waals surface area contributed by atoms with E-state index in [0.29, 0.717) is 5.69 Å². The minimum atomic E-state index is -0.404. The number of benzene rings is 3. The molecule has 2 aromatic heterocycles. The number of pyridine rings is 1. The fourth-order valence-electron chi connectivity index (χ4n) is 6.29. The number of hydrogen-bond acceptors (Lipinski definition) is 4. The number of carbonyl (C=O) groups excluding carboxylic acids is 1. The molecule has 0 spiro atoms. The van der Waals surface area contributed by atoms with Crippen molar-refractivity contribution in [2.24, 2.45) is 5.92 Å². The molecule has 2 aliphatic heterocycles. The van der Waals surface area contributed by atoms with Gasteiger partial charge >= 0.3 is 5.97 Å². The lowest BCUT2D eigenvalue weighted by atomic mass is 9.65. The maximum absolute atomic E-state index is 12.6. The standard InChI is InChI=1S/C29H25N3O2/c1-29(2)20-12-16-8-4-5-9-17(16)13-22(20)30-25-21(29)15-32-24-11-7-6-10-18(24)19-14-23(28(33)34-3)31-26(25)27(19)32/h4-14,21,25,30H,15H2,1-3H3. The van der Waals surface area contributed by atoms with Crippen molar-refractivity contribution in [3.8, 4) is 0 Å². The molecule has 5 heteroatoms. The Balaban J connectivity index is 1.53. The Hall–Kier alpha value is -3.86. The normalized spacial score (nSPS) is 20.1. The van der Waals surface area contributed by atoms with Crippen LogP contribution < -0.4 is 5.32 Å². The van der Waals surface area contributed by atoms with Crippen LogP contribution in [-0.2, 0) is 16.7 Å². The summed E-state index contributed by atoms with van der Waals surface area (Å²) in [6.45, 7) is 5.57. The number of para-hydroxylation sites is 1. The van der Waals surface area contributed by atoms with Crippen LogP contribution in [0.5, 0.6) is 0 Å². The second kappa shape index (κ2) is 6.60. The monoisotopic (exact) mass is 447 g/mol. The number of hydrogen-bond donors (Lipinski definition) is 1. The second-order valence-electron chi connectivity index (χ2n) is 10.1. The summed E-state index contributed by atoms with van der Waals surface area (Å²) < 4.78 is 7.48. The molecular formula is C29H25N3O2. The topological polar surface area (TPSA) is 56.2 Å². The lowest BCUT2D eigenvalue weighted by molar-refractivity contribution is 0.0593. The van der Waals surface area contributed by atoms with E-state index in [4.69, 9.17) is 9.72 Å². The zero-order chi connectivity index (χ0) is 23.2. The van der Waals surface area contributed by atoms with Gasteiger partial charge < -0.3 is 14.6 Å². The molecule has 168 valence electrons. The van der Waals surface area contributed by atoms with Gasteiger partial charge in [0.1, 0.15) is 5.69 Å². The molecule has 0 amide bonds.